The third-order valence-electron chi connectivity index (χ3n) is 4.21. The van der Waals surface area contributed by atoms with Gasteiger partial charge in [-0.05, 0) is 24.3 Å². The van der Waals surface area contributed by atoms with Crippen LogP contribution in [0, 0.1) is 11.6 Å². The Morgan fingerprint density at radius 3 is 2.14 bits per heavy atom. The van der Waals surface area contributed by atoms with E-state index in [1.54, 1.807) is 36.4 Å². The molecule has 5 nitrogen and oxygen atoms in total. The fraction of sp³-hybridized carbons (Fsp3) is 0. The summed E-state index contributed by atoms with van der Waals surface area (Å²) in [5.74, 6) is -2.21. The van der Waals surface area contributed by atoms with Gasteiger partial charge in [0.2, 0.25) is 0 Å². The molecule has 3 aromatic carbocycles. The van der Waals surface area contributed by atoms with E-state index in [4.69, 9.17) is 0 Å². The maximum Gasteiger partial charge on any atom is 0.265 e. The molecular weight excluding hydrogens is 396 g/mol. The van der Waals surface area contributed by atoms with Gasteiger partial charge >= 0.3 is 0 Å². The smallest absolute Gasteiger partial charge is 0.265 e. The number of sulfonamides is 1. The number of hydrogen-bond acceptors (Lipinski definition) is 3. The first-order valence-corrected chi connectivity index (χ1v) is 10.1. The molecule has 0 bridgehead atoms. The molecule has 1 aromatic heterocycles. The number of hydrogen-bond donors (Lipinski definition) is 1. The van der Waals surface area contributed by atoms with E-state index in [9.17, 15) is 17.2 Å². The van der Waals surface area contributed by atoms with Gasteiger partial charge in [-0.1, -0.05) is 48.5 Å². The molecule has 0 saturated carbocycles. The lowest BCUT2D eigenvalue weighted by molar-refractivity contribution is 0.509. The van der Waals surface area contributed by atoms with Gasteiger partial charge in [0.25, 0.3) is 10.0 Å². The third kappa shape index (κ3) is 3.88. The number of nitrogens with one attached hydrogen (secondary N) is 1. The molecule has 0 aliphatic carbocycles. The van der Waals surface area contributed by atoms with Gasteiger partial charge in [-0.25, -0.2) is 21.9 Å². The van der Waals surface area contributed by atoms with Gasteiger partial charge in [0.05, 0.1) is 17.6 Å². The van der Waals surface area contributed by atoms with E-state index in [1.165, 1.54) is 10.9 Å². The number of aromatic nitrogens is 2. The second-order valence-corrected chi connectivity index (χ2v) is 7.87. The number of anilines is 1. The van der Waals surface area contributed by atoms with Crippen molar-refractivity contribution in [2.24, 2.45) is 0 Å². The van der Waals surface area contributed by atoms with E-state index < -0.39 is 21.7 Å². The van der Waals surface area contributed by atoms with Crippen molar-refractivity contribution in [1.82, 2.24) is 9.78 Å². The van der Waals surface area contributed by atoms with Gasteiger partial charge in [0.1, 0.15) is 10.6 Å². The Labute approximate surface area is 166 Å². The molecule has 0 aliphatic heterocycles. The van der Waals surface area contributed by atoms with E-state index in [0.717, 1.165) is 18.2 Å². The normalized spacial score (nSPS) is 11.4. The van der Waals surface area contributed by atoms with Gasteiger partial charge < -0.3 is 0 Å². The number of rotatable bonds is 5. The first-order chi connectivity index (χ1) is 13.9. The second-order valence-electron chi connectivity index (χ2n) is 6.22. The minimum atomic E-state index is -4.13. The highest BCUT2D eigenvalue weighted by Crippen LogP contribution is 2.29. The van der Waals surface area contributed by atoms with Gasteiger partial charge in [-0.15, -0.1) is 0 Å². The van der Waals surface area contributed by atoms with Crippen molar-refractivity contribution < 1.29 is 17.2 Å². The Morgan fingerprint density at radius 2 is 1.48 bits per heavy atom. The Morgan fingerprint density at radius 1 is 0.828 bits per heavy atom. The highest BCUT2D eigenvalue weighted by atomic mass is 32.2. The minimum Gasteiger partial charge on any atom is -0.279 e. The monoisotopic (exact) mass is 411 g/mol. The van der Waals surface area contributed by atoms with Crippen molar-refractivity contribution >= 4 is 15.7 Å². The molecule has 29 heavy (non-hydrogen) atoms. The van der Waals surface area contributed by atoms with Crippen molar-refractivity contribution in [3.63, 3.8) is 0 Å². The molecule has 0 amide bonds. The predicted molar refractivity (Wildman–Crippen MR) is 106 cm³/mol. The zero-order chi connectivity index (χ0) is 20.4. The Hall–Kier alpha value is -3.52. The SMILES string of the molecule is O=S(=O)(Nc1ccc(F)c(F)c1)c1cn(-c2ccccc2)nc1-c1ccccc1. The molecule has 1 N–H and O–H groups in total. The van der Waals surface area contributed by atoms with Crippen LogP contribution in [0.2, 0.25) is 0 Å². The molecular formula is C21H15F2N3O2S. The fourth-order valence-corrected chi connectivity index (χ4v) is 4.03. The van der Waals surface area contributed by atoms with Crippen LogP contribution < -0.4 is 4.72 Å². The number of halogens is 2. The van der Waals surface area contributed by atoms with Gasteiger partial charge in [0.15, 0.2) is 11.6 Å². The molecule has 8 heteroatoms. The molecule has 0 fully saturated rings. The Balaban J connectivity index is 1.82. The van der Waals surface area contributed by atoms with E-state index in [0.29, 0.717) is 11.3 Å². The fourth-order valence-electron chi connectivity index (χ4n) is 2.83. The Bertz CT molecular complexity index is 1260. The maximum atomic E-state index is 13.5. The summed E-state index contributed by atoms with van der Waals surface area (Å²) in [6.07, 6.45) is 1.39. The summed E-state index contributed by atoms with van der Waals surface area (Å²) >= 11 is 0. The van der Waals surface area contributed by atoms with Crippen LogP contribution in [0.1, 0.15) is 0 Å². The van der Waals surface area contributed by atoms with Crippen molar-refractivity contribution in [1.29, 1.82) is 0 Å². The summed E-state index contributed by atoms with van der Waals surface area (Å²) in [7, 11) is -4.13. The molecule has 0 spiro atoms. The first kappa shape index (κ1) is 18.8. The second kappa shape index (κ2) is 7.48. The zero-order valence-corrected chi connectivity index (χ0v) is 15.8. The average molecular weight is 411 g/mol. The third-order valence-corrected chi connectivity index (χ3v) is 5.59. The lowest BCUT2D eigenvalue weighted by atomic mass is 10.2. The van der Waals surface area contributed by atoms with Crippen LogP contribution >= 0.6 is 0 Å². The topological polar surface area (TPSA) is 64.0 Å². The van der Waals surface area contributed by atoms with E-state index in [1.807, 2.05) is 24.3 Å². The summed E-state index contributed by atoms with van der Waals surface area (Å²) < 4.78 is 56.5. The quantitative estimate of drug-likeness (QED) is 0.521. The molecule has 0 radical (unpaired) electrons. The Kier molecular flexibility index (Phi) is 4.85. The van der Waals surface area contributed by atoms with Gasteiger partial charge in [-0.3, -0.25) is 4.72 Å². The van der Waals surface area contributed by atoms with Crippen molar-refractivity contribution in [2.45, 2.75) is 4.90 Å². The molecule has 0 unspecified atom stereocenters. The van der Waals surface area contributed by atoms with Gasteiger partial charge in [0, 0.05) is 11.6 Å². The van der Waals surface area contributed by atoms with E-state index in [2.05, 4.69) is 9.82 Å². The molecule has 0 saturated heterocycles. The zero-order valence-electron chi connectivity index (χ0n) is 15.0. The average Bonchev–Trinajstić information content (AvgIpc) is 3.19. The molecule has 0 aliphatic rings. The number of benzene rings is 3. The van der Waals surface area contributed by atoms with Crippen LogP contribution in [0.25, 0.3) is 16.9 Å². The summed E-state index contributed by atoms with van der Waals surface area (Å²) in [6.45, 7) is 0. The van der Waals surface area contributed by atoms with Crippen LogP contribution in [-0.2, 0) is 10.0 Å². The van der Waals surface area contributed by atoms with Crippen LogP contribution in [0.5, 0.6) is 0 Å². The van der Waals surface area contributed by atoms with Crippen molar-refractivity contribution in [3.8, 4) is 16.9 Å². The molecule has 1 heterocycles. The largest absolute Gasteiger partial charge is 0.279 e. The molecule has 4 rings (SSSR count). The van der Waals surface area contributed by atoms with E-state index >= 15 is 0 Å². The van der Waals surface area contributed by atoms with Crippen molar-refractivity contribution in [3.05, 3.63) is 96.7 Å². The highest BCUT2D eigenvalue weighted by molar-refractivity contribution is 7.92. The van der Waals surface area contributed by atoms with Crippen LogP contribution in [0.4, 0.5) is 14.5 Å². The maximum absolute atomic E-state index is 13.5. The number of nitrogens with zero attached hydrogens (tertiary/aromatic N) is 2. The van der Waals surface area contributed by atoms with Crippen LogP contribution in [0.3, 0.4) is 0 Å². The first-order valence-electron chi connectivity index (χ1n) is 8.62. The molecule has 146 valence electrons. The minimum absolute atomic E-state index is 0.0858. The molecule has 0 atom stereocenters. The summed E-state index contributed by atoms with van der Waals surface area (Å²) in [4.78, 5) is -0.0858. The van der Waals surface area contributed by atoms with Crippen LogP contribution in [0.15, 0.2) is 90.0 Å². The standard InChI is InChI=1S/C21H15F2N3O2S/c22-18-12-11-16(13-19(18)23)25-29(27,28)20-14-26(17-9-5-2-6-10-17)24-21(20)15-7-3-1-4-8-15/h1-14,25H. The van der Waals surface area contributed by atoms with Gasteiger partial charge in [-0.2, -0.15) is 5.10 Å². The molecule has 4 aromatic rings. The summed E-state index contributed by atoms with van der Waals surface area (Å²) in [5.41, 5.74) is 1.44. The van der Waals surface area contributed by atoms with E-state index in [-0.39, 0.29) is 16.3 Å². The lowest BCUT2D eigenvalue weighted by Crippen LogP contribution is -2.13. The van der Waals surface area contributed by atoms with Crippen LogP contribution in [-0.4, -0.2) is 18.2 Å². The summed E-state index contributed by atoms with van der Waals surface area (Å²) in [6, 6.07) is 20.7. The lowest BCUT2D eigenvalue weighted by Gasteiger charge is -2.08. The number of para-hydroxylation sites is 1. The van der Waals surface area contributed by atoms with Crippen molar-refractivity contribution in [2.75, 3.05) is 4.72 Å². The summed E-state index contributed by atoms with van der Waals surface area (Å²) in [5, 5.41) is 4.45. The predicted octanol–water partition coefficient (Wildman–Crippen LogP) is 4.62. The highest BCUT2D eigenvalue weighted by Gasteiger charge is 2.24.